The quantitative estimate of drug-likeness (QED) is 0.330. The number of fused-ring (bicyclic) bond motifs is 7. The molecule has 0 aliphatic heterocycles. The van der Waals surface area contributed by atoms with E-state index in [1.54, 1.807) is 19.3 Å². The van der Waals surface area contributed by atoms with Crippen LogP contribution in [-0.4, -0.2) is 0 Å². The maximum atomic E-state index is 2.84. The van der Waals surface area contributed by atoms with Crippen LogP contribution in [0.1, 0.15) is 158 Å². The fourth-order valence-corrected chi connectivity index (χ4v) is 13.1. The van der Waals surface area contributed by atoms with Crippen LogP contribution in [0.25, 0.3) is 0 Å². The second kappa shape index (κ2) is 9.04. The molecule has 0 amide bonds. The van der Waals surface area contributed by atoms with Gasteiger partial charge in [-0.1, -0.05) is 93.9 Å². The van der Waals surface area contributed by atoms with Crippen molar-refractivity contribution in [2.24, 2.45) is 62.6 Å². The maximum absolute atomic E-state index is 2.84. The highest BCUT2D eigenvalue weighted by Gasteiger charge is 2.70. The molecule has 0 heterocycles. The van der Waals surface area contributed by atoms with Crippen LogP contribution in [0.4, 0.5) is 0 Å². The van der Waals surface area contributed by atoms with Gasteiger partial charge in [0.25, 0.3) is 0 Å². The van der Waals surface area contributed by atoms with Crippen molar-refractivity contribution in [1.82, 2.24) is 0 Å². The van der Waals surface area contributed by atoms with Crippen molar-refractivity contribution < 1.29 is 0 Å². The first kappa shape index (κ1) is 26.6. The van der Waals surface area contributed by atoms with E-state index in [2.05, 4.69) is 55.4 Å². The average Bonchev–Trinajstić information content (AvgIpc) is 3.13. The zero-order valence-electron chi connectivity index (χ0n) is 25.3. The van der Waals surface area contributed by atoms with Crippen molar-refractivity contribution in [2.45, 2.75) is 158 Å². The molecule has 10 atom stereocenters. The first-order valence-corrected chi connectivity index (χ1v) is 16.4. The lowest BCUT2D eigenvalue weighted by molar-refractivity contribution is -0.241. The van der Waals surface area contributed by atoms with Gasteiger partial charge in [-0.25, -0.2) is 0 Å². The minimum Gasteiger partial charge on any atom is -0.0654 e. The summed E-state index contributed by atoms with van der Waals surface area (Å²) in [4.78, 5) is 0. The van der Waals surface area contributed by atoms with Gasteiger partial charge in [-0.05, 0) is 127 Å². The van der Waals surface area contributed by atoms with Crippen LogP contribution in [0.5, 0.6) is 0 Å². The van der Waals surface area contributed by atoms with Gasteiger partial charge in [-0.15, -0.1) is 0 Å². The van der Waals surface area contributed by atoms with Crippen molar-refractivity contribution in [3.63, 3.8) is 0 Å². The lowest BCUT2D eigenvalue weighted by atomic mass is 9.32. The molecule has 0 aromatic carbocycles. The molecule has 0 bridgehead atoms. The van der Waals surface area contributed by atoms with Gasteiger partial charge < -0.3 is 0 Å². The molecular weight excluding hydrogens is 420 g/mol. The summed E-state index contributed by atoms with van der Waals surface area (Å²) in [5, 5.41) is 0. The first-order chi connectivity index (χ1) is 16.4. The van der Waals surface area contributed by atoms with Crippen LogP contribution in [0, 0.1) is 62.6 Å². The second-order valence-corrected chi connectivity index (χ2v) is 16.6. The molecule has 0 nitrogen and oxygen atoms in total. The predicted molar refractivity (Wildman–Crippen MR) is 152 cm³/mol. The molecule has 5 aliphatic rings. The molecule has 0 radical (unpaired) electrons. The van der Waals surface area contributed by atoms with Crippen LogP contribution in [0.2, 0.25) is 0 Å². The van der Waals surface area contributed by atoms with Crippen LogP contribution in [-0.2, 0) is 0 Å². The Hall–Kier alpha value is 0. The number of hydrogen-bond acceptors (Lipinski definition) is 0. The van der Waals surface area contributed by atoms with E-state index in [4.69, 9.17) is 0 Å². The van der Waals surface area contributed by atoms with Gasteiger partial charge in [0.05, 0.1) is 0 Å². The minimum absolute atomic E-state index is 0.557. The minimum atomic E-state index is 0.557. The SMILES string of the molecule is CCCCCC[C@@H](C)[C@@H]1CC[C@@]2(C)[C@@H]1CC[C@]1(C)[C@@H]2CC[C@@H]2[C@@]3(C)CCCC(C)(C)[C@@H]3CC[C@]21C. The van der Waals surface area contributed by atoms with Crippen LogP contribution in [0.15, 0.2) is 0 Å². The monoisotopic (exact) mass is 482 g/mol. The highest BCUT2D eigenvalue weighted by atomic mass is 14.7. The first-order valence-electron chi connectivity index (χ1n) is 16.4. The molecule has 5 aliphatic carbocycles. The van der Waals surface area contributed by atoms with Gasteiger partial charge in [-0.2, -0.15) is 0 Å². The molecule has 0 heteroatoms. The van der Waals surface area contributed by atoms with E-state index in [1.165, 1.54) is 83.5 Å². The van der Waals surface area contributed by atoms with Crippen molar-refractivity contribution in [3.8, 4) is 0 Å². The molecule has 0 saturated heterocycles. The fourth-order valence-electron chi connectivity index (χ4n) is 13.1. The lowest BCUT2D eigenvalue weighted by Gasteiger charge is -2.73. The van der Waals surface area contributed by atoms with E-state index in [0.29, 0.717) is 27.1 Å². The van der Waals surface area contributed by atoms with E-state index >= 15 is 0 Å². The molecule has 5 saturated carbocycles. The Morgan fingerprint density at radius 3 is 1.97 bits per heavy atom. The van der Waals surface area contributed by atoms with Gasteiger partial charge in [0.15, 0.2) is 0 Å². The van der Waals surface area contributed by atoms with Crippen LogP contribution >= 0.6 is 0 Å². The van der Waals surface area contributed by atoms with E-state index in [-0.39, 0.29) is 0 Å². The van der Waals surface area contributed by atoms with Gasteiger partial charge in [-0.3, -0.25) is 0 Å². The van der Waals surface area contributed by atoms with Gasteiger partial charge >= 0.3 is 0 Å². The summed E-state index contributed by atoms with van der Waals surface area (Å²) in [6.45, 7) is 21.5. The Morgan fingerprint density at radius 1 is 0.629 bits per heavy atom. The number of rotatable bonds is 6. The fraction of sp³-hybridized carbons (Fsp3) is 1.00. The largest absolute Gasteiger partial charge is 0.0654 e. The Bertz CT molecular complexity index is 764. The van der Waals surface area contributed by atoms with Crippen molar-refractivity contribution in [2.75, 3.05) is 0 Å². The molecular formula is C35H62. The normalized spacial score (nSPS) is 51.6. The van der Waals surface area contributed by atoms with E-state index in [1.807, 2.05) is 0 Å². The molecule has 35 heavy (non-hydrogen) atoms. The molecule has 0 N–H and O–H groups in total. The summed E-state index contributed by atoms with van der Waals surface area (Å²) in [5.74, 6) is 5.88. The maximum Gasteiger partial charge on any atom is -0.0235 e. The third-order valence-corrected chi connectivity index (χ3v) is 15.0. The number of hydrogen-bond donors (Lipinski definition) is 0. The van der Waals surface area contributed by atoms with Crippen LogP contribution in [0.3, 0.4) is 0 Å². The summed E-state index contributed by atoms with van der Waals surface area (Å²) in [5.41, 5.74) is 2.89. The third-order valence-electron chi connectivity index (χ3n) is 15.0. The molecule has 202 valence electrons. The molecule has 0 aromatic heterocycles. The Morgan fingerprint density at radius 2 is 1.29 bits per heavy atom. The van der Waals surface area contributed by atoms with E-state index in [0.717, 1.165) is 35.5 Å². The van der Waals surface area contributed by atoms with Gasteiger partial charge in [0.2, 0.25) is 0 Å². The second-order valence-electron chi connectivity index (χ2n) is 16.6. The van der Waals surface area contributed by atoms with Crippen molar-refractivity contribution >= 4 is 0 Å². The third kappa shape index (κ3) is 3.78. The standard InChI is InChI=1S/C35H62/c1-9-10-11-12-14-25(2)26-17-22-32(5)27(26)18-23-34(7)29(32)15-16-30-33(6)21-13-20-31(3,4)28(33)19-24-35(30,34)8/h25-30H,9-24H2,1-8H3/t25-,26+,27-,28+,29-,30-,32+,33+,34-,35-/m1/s1. The van der Waals surface area contributed by atoms with Crippen molar-refractivity contribution in [1.29, 1.82) is 0 Å². The number of unbranched alkanes of at least 4 members (excludes halogenated alkanes) is 3. The molecule has 0 spiro atoms. The summed E-state index contributed by atoms with van der Waals surface area (Å²) in [6, 6.07) is 0. The summed E-state index contributed by atoms with van der Waals surface area (Å²) in [7, 11) is 0. The Labute approximate surface area is 220 Å². The lowest BCUT2D eigenvalue weighted by Crippen LogP contribution is -2.65. The smallest absolute Gasteiger partial charge is 0.0235 e. The van der Waals surface area contributed by atoms with Gasteiger partial charge in [0, 0.05) is 0 Å². The zero-order valence-corrected chi connectivity index (χ0v) is 25.3. The Balaban J connectivity index is 1.38. The van der Waals surface area contributed by atoms with Crippen molar-refractivity contribution in [3.05, 3.63) is 0 Å². The van der Waals surface area contributed by atoms with E-state index in [9.17, 15) is 0 Å². The zero-order chi connectivity index (χ0) is 25.3. The predicted octanol–water partition coefficient (Wildman–Crippen LogP) is 11.1. The highest BCUT2D eigenvalue weighted by molar-refractivity contribution is 5.19. The molecule has 5 rings (SSSR count). The summed E-state index contributed by atoms with van der Waals surface area (Å²) >= 11 is 0. The van der Waals surface area contributed by atoms with Gasteiger partial charge in [0.1, 0.15) is 0 Å². The molecule has 0 unspecified atom stereocenters. The molecule has 5 fully saturated rings. The van der Waals surface area contributed by atoms with E-state index < -0.39 is 0 Å². The highest BCUT2D eigenvalue weighted by Crippen LogP contribution is 2.78. The topological polar surface area (TPSA) is 0 Å². The average molecular weight is 483 g/mol. The Kier molecular flexibility index (Phi) is 6.87. The molecule has 0 aromatic rings. The summed E-state index contributed by atoms with van der Waals surface area (Å²) < 4.78 is 0. The summed E-state index contributed by atoms with van der Waals surface area (Å²) in [6.07, 6.45) is 24.0. The van der Waals surface area contributed by atoms with Crippen LogP contribution < -0.4 is 0 Å².